The van der Waals surface area contributed by atoms with E-state index in [2.05, 4.69) is 19.9 Å². The van der Waals surface area contributed by atoms with Crippen molar-refractivity contribution in [3.8, 4) is 6.07 Å². The van der Waals surface area contributed by atoms with Crippen molar-refractivity contribution in [2.24, 2.45) is 17.8 Å². The highest BCUT2D eigenvalue weighted by molar-refractivity contribution is 5.73. The van der Waals surface area contributed by atoms with Crippen molar-refractivity contribution >= 4 is 5.97 Å². The molecule has 1 aromatic rings. The summed E-state index contributed by atoms with van der Waals surface area (Å²) < 4.78 is 5.59. The fraction of sp³-hybridized carbons (Fsp3) is 0.619. The molecule has 132 valence electrons. The SMILES string of the molecule is CC(C)CCC[C@H](C(=O)OC(C)(C)C)[C@@H](C#N)Cc1ccccc1. The van der Waals surface area contributed by atoms with Gasteiger partial charge in [-0.1, -0.05) is 57.0 Å². The predicted molar refractivity (Wildman–Crippen MR) is 97.3 cm³/mol. The van der Waals surface area contributed by atoms with Gasteiger partial charge in [0.2, 0.25) is 0 Å². The Hall–Kier alpha value is -1.82. The van der Waals surface area contributed by atoms with Crippen molar-refractivity contribution in [1.82, 2.24) is 0 Å². The average molecular weight is 329 g/mol. The number of benzene rings is 1. The van der Waals surface area contributed by atoms with Gasteiger partial charge in [0, 0.05) is 0 Å². The highest BCUT2D eigenvalue weighted by atomic mass is 16.6. The topological polar surface area (TPSA) is 50.1 Å². The van der Waals surface area contributed by atoms with Crippen LogP contribution in [0.5, 0.6) is 0 Å². The molecule has 0 aliphatic carbocycles. The van der Waals surface area contributed by atoms with Gasteiger partial charge in [-0.3, -0.25) is 4.79 Å². The van der Waals surface area contributed by atoms with E-state index in [-0.39, 0.29) is 17.8 Å². The molecule has 0 aromatic heterocycles. The lowest BCUT2D eigenvalue weighted by Crippen LogP contribution is -2.33. The number of carbonyl (C=O) groups is 1. The van der Waals surface area contributed by atoms with E-state index < -0.39 is 5.60 Å². The van der Waals surface area contributed by atoms with Crippen LogP contribution >= 0.6 is 0 Å². The molecular formula is C21H31NO2. The number of ether oxygens (including phenoxy) is 1. The number of esters is 1. The lowest BCUT2D eigenvalue weighted by molar-refractivity contribution is -0.161. The van der Waals surface area contributed by atoms with Crippen LogP contribution in [0.25, 0.3) is 0 Å². The second-order valence-electron chi connectivity index (χ2n) is 7.89. The minimum Gasteiger partial charge on any atom is -0.460 e. The van der Waals surface area contributed by atoms with Crippen LogP contribution in [0.15, 0.2) is 30.3 Å². The molecule has 24 heavy (non-hydrogen) atoms. The van der Waals surface area contributed by atoms with E-state index >= 15 is 0 Å². The number of carbonyl (C=O) groups excluding carboxylic acids is 1. The van der Waals surface area contributed by atoms with Gasteiger partial charge in [-0.2, -0.15) is 5.26 Å². The third kappa shape index (κ3) is 7.64. The molecule has 0 aliphatic heterocycles. The van der Waals surface area contributed by atoms with Gasteiger partial charge in [0.25, 0.3) is 0 Å². The molecular weight excluding hydrogens is 298 g/mol. The van der Waals surface area contributed by atoms with E-state index in [0.29, 0.717) is 18.8 Å². The van der Waals surface area contributed by atoms with E-state index in [9.17, 15) is 10.1 Å². The largest absolute Gasteiger partial charge is 0.460 e. The first-order valence-electron chi connectivity index (χ1n) is 8.89. The maximum absolute atomic E-state index is 12.7. The molecule has 1 aromatic carbocycles. The van der Waals surface area contributed by atoms with Gasteiger partial charge >= 0.3 is 5.97 Å². The lowest BCUT2D eigenvalue weighted by Gasteiger charge is -2.26. The van der Waals surface area contributed by atoms with Gasteiger partial charge in [-0.25, -0.2) is 0 Å². The molecule has 0 fully saturated rings. The zero-order chi connectivity index (χ0) is 18.2. The third-order valence-electron chi connectivity index (χ3n) is 3.96. The molecule has 0 radical (unpaired) electrons. The molecule has 2 atom stereocenters. The highest BCUT2D eigenvalue weighted by Gasteiger charge is 2.32. The van der Waals surface area contributed by atoms with Crippen LogP contribution in [-0.4, -0.2) is 11.6 Å². The van der Waals surface area contributed by atoms with Gasteiger partial charge in [0.05, 0.1) is 17.9 Å². The van der Waals surface area contributed by atoms with Crippen LogP contribution in [0.1, 0.15) is 59.4 Å². The van der Waals surface area contributed by atoms with E-state index in [4.69, 9.17) is 4.74 Å². The Bertz CT molecular complexity index is 537. The van der Waals surface area contributed by atoms with Gasteiger partial charge in [-0.15, -0.1) is 0 Å². The van der Waals surface area contributed by atoms with Gasteiger partial charge in [0.1, 0.15) is 5.60 Å². The molecule has 3 heteroatoms. The first-order chi connectivity index (χ1) is 11.2. The summed E-state index contributed by atoms with van der Waals surface area (Å²) in [7, 11) is 0. The molecule has 3 nitrogen and oxygen atoms in total. The minimum atomic E-state index is -0.528. The molecule has 1 rings (SSSR count). The van der Waals surface area contributed by atoms with Crippen LogP contribution in [0.3, 0.4) is 0 Å². The first kappa shape index (κ1) is 20.2. The second-order valence-corrected chi connectivity index (χ2v) is 7.89. The summed E-state index contributed by atoms with van der Waals surface area (Å²) in [5, 5.41) is 9.66. The maximum atomic E-state index is 12.7. The quantitative estimate of drug-likeness (QED) is 0.619. The van der Waals surface area contributed by atoms with Crippen LogP contribution < -0.4 is 0 Å². The van der Waals surface area contributed by atoms with Crippen molar-refractivity contribution in [1.29, 1.82) is 5.26 Å². The third-order valence-corrected chi connectivity index (χ3v) is 3.96. The zero-order valence-electron chi connectivity index (χ0n) is 15.7. The number of nitrogens with zero attached hydrogens (tertiary/aromatic N) is 1. The van der Waals surface area contributed by atoms with Crippen molar-refractivity contribution in [3.63, 3.8) is 0 Å². The maximum Gasteiger partial charge on any atom is 0.310 e. The summed E-state index contributed by atoms with van der Waals surface area (Å²) in [4.78, 5) is 12.7. The summed E-state index contributed by atoms with van der Waals surface area (Å²) in [5.74, 6) is -0.365. The van der Waals surface area contributed by atoms with Gasteiger partial charge in [-0.05, 0) is 45.1 Å². The Morgan fingerprint density at radius 1 is 1.17 bits per heavy atom. The van der Waals surface area contributed by atoms with Crippen LogP contribution in [0.2, 0.25) is 0 Å². The van der Waals surface area contributed by atoms with E-state index in [0.717, 1.165) is 18.4 Å². The fourth-order valence-corrected chi connectivity index (χ4v) is 2.75. The molecule has 0 aliphatic rings. The number of nitriles is 1. The monoisotopic (exact) mass is 329 g/mol. The zero-order valence-corrected chi connectivity index (χ0v) is 15.7. The minimum absolute atomic E-state index is 0.242. The summed E-state index contributed by atoms with van der Waals surface area (Å²) >= 11 is 0. The van der Waals surface area contributed by atoms with Crippen molar-refractivity contribution in [2.45, 2.75) is 65.9 Å². The van der Waals surface area contributed by atoms with Crippen molar-refractivity contribution in [3.05, 3.63) is 35.9 Å². The number of hydrogen-bond donors (Lipinski definition) is 0. The first-order valence-corrected chi connectivity index (χ1v) is 8.89. The molecule has 0 bridgehead atoms. The molecule has 0 amide bonds. The number of hydrogen-bond acceptors (Lipinski definition) is 3. The Labute approximate surface area is 147 Å². The van der Waals surface area contributed by atoms with E-state index in [1.165, 1.54) is 0 Å². The molecule has 0 heterocycles. The molecule has 0 spiro atoms. The van der Waals surface area contributed by atoms with Crippen molar-refractivity contribution in [2.75, 3.05) is 0 Å². The fourth-order valence-electron chi connectivity index (χ4n) is 2.75. The van der Waals surface area contributed by atoms with Gasteiger partial charge < -0.3 is 4.74 Å². The molecule has 0 unspecified atom stereocenters. The Balaban J connectivity index is 2.87. The van der Waals surface area contributed by atoms with Crippen LogP contribution in [0.4, 0.5) is 0 Å². The molecule has 0 N–H and O–H groups in total. The summed E-state index contributed by atoms with van der Waals surface area (Å²) in [6, 6.07) is 12.2. The van der Waals surface area contributed by atoms with Gasteiger partial charge in [0.15, 0.2) is 0 Å². The van der Waals surface area contributed by atoms with E-state index in [1.54, 1.807) is 0 Å². The second kappa shape index (κ2) is 9.47. The Kier molecular flexibility index (Phi) is 7.98. The number of rotatable bonds is 8. The standard InChI is InChI=1S/C21H31NO2/c1-16(2)10-9-13-19(20(23)24-21(3,4)5)18(15-22)14-17-11-7-6-8-12-17/h6-8,11-12,16,18-19H,9-10,13-14H2,1-5H3/t18-,19+/m1/s1. The Morgan fingerprint density at radius 2 is 1.79 bits per heavy atom. The highest BCUT2D eigenvalue weighted by Crippen LogP contribution is 2.26. The van der Waals surface area contributed by atoms with E-state index in [1.807, 2.05) is 51.1 Å². The molecule has 0 saturated heterocycles. The summed E-state index contributed by atoms with van der Waals surface area (Å²) in [6.45, 7) is 9.96. The normalized spacial score (nSPS) is 14.0. The molecule has 0 saturated carbocycles. The summed E-state index contributed by atoms with van der Waals surface area (Å²) in [5.41, 5.74) is 0.557. The average Bonchev–Trinajstić information content (AvgIpc) is 2.48. The van der Waals surface area contributed by atoms with Crippen LogP contribution in [-0.2, 0) is 16.0 Å². The summed E-state index contributed by atoms with van der Waals surface area (Å²) in [6.07, 6.45) is 3.29. The van der Waals surface area contributed by atoms with Crippen molar-refractivity contribution < 1.29 is 9.53 Å². The lowest BCUT2D eigenvalue weighted by atomic mass is 9.83. The van der Waals surface area contributed by atoms with Crippen LogP contribution in [0, 0.1) is 29.1 Å². The Morgan fingerprint density at radius 3 is 2.29 bits per heavy atom. The predicted octanol–water partition coefficient (Wildman–Crippen LogP) is 5.15. The smallest absolute Gasteiger partial charge is 0.310 e.